The maximum atomic E-state index is 12.3. The molecule has 0 radical (unpaired) electrons. The quantitative estimate of drug-likeness (QED) is 0.789. The number of benzene rings is 1. The first-order valence-corrected chi connectivity index (χ1v) is 7.35. The number of hydrogen-bond donors (Lipinski definition) is 1. The van der Waals surface area contributed by atoms with E-state index in [-0.39, 0.29) is 43.8 Å². The topological polar surface area (TPSA) is 77.9 Å². The zero-order valence-electron chi connectivity index (χ0n) is 12.8. The molecule has 1 heterocycles. The van der Waals surface area contributed by atoms with Crippen LogP contribution in [0.3, 0.4) is 0 Å². The van der Waals surface area contributed by atoms with Crippen molar-refractivity contribution in [2.75, 3.05) is 26.2 Å². The van der Waals surface area contributed by atoms with Crippen LogP contribution in [-0.4, -0.2) is 58.9 Å². The molecule has 0 aromatic heterocycles. The Morgan fingerprint density at radius 2 is 1.91 bits per heavy atom. The van der Waals surface area contributed by atoms with Crippen molar-refractivity contribution in [2.45, 2.75) is 20.3 Å². The molecule has 3 amide bonds. The minimum atomic E-state index is -0.349. The summed E-state index contributed by atoms with van der Waals surface area (Å²) in [7, 11) is 0. The molecule has 6 nitrogen and oxygen atoms in total. The van der Waals surface area contributed by atoms with Crippen LogP contribution < -0.4 is 0 Å². The van der Waals surface area contributed by atoms with Crippen LogP contribution in [0.2, 0.25) is 0 Å². The fraction of sp³-hybridized carbons (Fsp3) is 0.438. The van der Waals surface area contributed by atoms with Crippen LogP contribution in [-0.2, 0) is 4.79 Å². The molecule has 1 aliphatic rings. The van der Waals surface area contributed by atoms with Gasteiger partial charge in [0.25, 0.3) is 11.8 Å². The van der Waals surface area contributed by atoms with Crippen molar-refractivity contribution in [3.63, 3.8) is 0 Å². The molecule has 0 fully saturated rings. The van der Waals surface area contributed by atoms with Crippen LogP contribution in [0.15, 0.2) is 18.2 Å². The summed E-state index contributed by atoms with van der Waals surface area (Å²) in [5.74, 6) is -0.871. The number of fused-ring (bicyclic) bond motifs is 1. The van der Waals surface area contributed by atoms with Crippen molar-refractivity contribution in [1.29, 1.82) is 0 Å². The minimum absolute atomic E-state index is 0.0617. The number of rotatable bonds is 6. The smallest absolute Gasteiger partial charge is 0.261 e. The van der Waals surface area contributed by atoms with E-state index < -0.39 is 0 Å². The molecule has 22 heavy (non-hydrogen) atoms. The van der Waals surface area contributed by atoms with Crippen LogP contribution in [0.5, 0.6) is 0 Å². The lowest BCUT2D eigenvalue weighted by atomic mass is 10.1. The average molecular weight is 304 g/mol. The van der Waals surface area contributed by atoms with Gasteiger partial charge in [-0.1, -0.05) is 11.6 Å². The van der Waals surface area contributed by atoms with Crippen molar-refractivity contribution in [3.05, 3.63) is 34.9 Å². The van der Waals surface area contributed by atoms with Gasteiger partial charge < -0.3 is 10.0 Å². The van der Waals surface area contributed by atoms with Gasteiger partial charge in [0, 0.05) is 26.1 Å². The molecular weight excluding hydrogens is 284 g/mol. The van der Waals surface area contributed by atoms with Gasteiger partial charge in [0.15, 0.2) is 0 Å². The number of aliphatic hydroxyl groups is 1. The zero-order valence-corrected chi connectivity index (χ0v) is 12.8. The molecule has 0 unspecified atom stereocenters. The lowest BCUT2D eigenvalue weighted by Crippen LogP contribution is -2.37. The summed E-state index contributed by atoms with van der Waals surface area (Å²) in [4.78, 5) is 39.2. The van der Waals surface area contributed by atoms with Crippen molar-refractivity contribution < 1.29 is 19.5 Å². The zero-order chi connectivity index (χ0) is 16.3. The number of amides is 3. The lowest BCUT2D eigenvalue weighted by molar-refractivity contribution is -0.131. The van der Waals surface area contributed by atoms with E-state index in [2.05, 4.69) is 0 Å². The third-order valence-corrected chi connectivity index (χ3v) is 3.78. The summed E-state index contributed by atoms with van der Waals surface area (Å²) in [5.41, 5.74) is 1.71. The standard InChI is InChI=1S/C16H20N2O4/c1-3-17(8-9-19)14(20)6-7-18-15(21)12-5-4-11(2)10-13(12)16(18)22/h4-5,10,19H,3,6-9H2,1-2H3. The second-order valence-electron chi connectivity index (χ2n) is 5.26. The Hall–Kier alpha value is -2.21. The van der Waals surface area contributed by atoms with Gasteiger partial charge >= 0.3 is 0 Å². The van der Waals surface area contributed by atoms with E-state index in [0.717, 1.165) is 10.5 Å². The second-order valence-corrected chi connectivity index (χ2v) is 5.26. The first-order chi connectivity index (χ1) is 10.5. The number of carbonyl (C=O) groups is 3. The monoisotopic (exact) mass is 304 g/mol. The van der Waals surface area contributed by atoms with Gasteiger partial charge in [-0.15, -0.1) is 0 Å². The maximum absolute atomic E-state index is 12.3. The van der Waals surface area contributed by atoms with Crippen LogP contribution in [0.25, 0.3) is 0 Å². The average Bonchev–Trinajstić information content (AvgIpc) is 2.73. The predicted octanol–water partition coefficient (Wildman–Crippen LogP) is 0.822. The van der Waals surface area contributed by atoms with Crippen molar-refractivity contribution in [3.8, 4) is 0 Å². The van der Waals surface area contributed by atoms with Crippen LogP contribution in [0.1, 0.15) is 39.6 Å². The summed E-state index contributed by atoms with van der Waals surface area (Å²) < 4.78 is 0. The van der Waals surface area contributed by atoms with Crippen molar-refractivity contribution in [1.82, 2.24) is 9.80 Å². The molecule has 0 saturated carbocycles. The number of aliphatic hydroxyl groups excluding tert-OH is 1. The number of aryl methyl sites for hydroxylation is 1. The molecule has 0 atom stereocenters. The van der Waals surface area contributed by atoms with Crippen LogP contribution >= 0.6 is 0 Å². The maximum Gasteiger partial charge on any atom is 0.261 e. The Balaban J connectivity index is 2.05. The molecule has 0 saturated heterocycles. The summed E-state index contributed by atoms with van der Waals surface area (Å²) in [6.07, 6.45) is 0.0677. The van der Waals surface area contributed by atoms with Crippen molar-refractivity contribution >= 4 is 17.7 Å². The summed E-state index contributed by atoms with van der Waals surface area (Å²) >= 11 is 0. The Labute approximate surface area is 129 Å². The summed E-state index contributed by atoms with van der Waals surface area (Å²) in [6, 6.07) is 5.14. The number of imide groups is 1. The summed E-state index contributed by atoms with van der Waals surface area (Å²) in [5, 5.41) is 8.91. The minimum Gasteiger partial charge on any atom is -0.395 e. The molecule has 0 bridgehead atoms. The molecule has 0 aliphatic carbocycles. The first-order valence-electron chi connectivity index (χ1n) is 7.35. The van der Waals surface area contributed by atoms with E-state index in [4.69, 9.17) is 5.11 Å². The molecular formula is C16H20N2O4. The first kappa shape index (κ1) is 16.2. The molecule has 0 spiro atoms. The Kier molecular flexibility index (Phi) is 4.92. The number of carbonyl (C=O) groups excluding carboxylic acids is 3. The number of likely N-dealkylation sites (N-methyl/N-ethyl adjacent to an activating group) is 1. The fourth-order valence-corrected chi connectivity index (χ4v) is 2.55. The van der Waals surface area contributed by atoms with Crippen molar-refractivity contribution in [2.24, 2.45) is 0 Å². The molecule has 1 aliphatic heterocycles. The highest BCUT2D eigenvalue weighted by Crippen LogP contribution is 2.24. The predicted molar refractivity (Wildman–Crippen MR) is 80.5 cm³/mol. The van der Waals surface area contributed by atoms with E-state index in [9.17, 15) is 14.4 Å². The van der Waals surface area contributed by atoms with Gasteiger partial charge in [0.2, 0.25) is 5.91 Å². The number of hydrogen-bond acceptors (Lipinski definition) is 4. The molecule has 2 rings (SSSR count). The molecule has 118 valence electrons. The normalized spacial score (nSPS) is 13.5. The Morgan fingerprint density at radius 3 is 2.55 bits per heavy atom. The van der Waals surface area contributed by atoms with E-state index in [1.165, 1.54) is 4.90 Å². The van der Waals surface area contributed by atoms with Gasteiger partial charge in [-0.25, -0.2) is 0 Å². The van der Waals surface area contributed by atoms with E-state index >= 15 is 0 Å². The van der Waals surface area contributed by atoms with Crippen LogP contribution in [0.4, 0.5) is 0 Å². The van der Waals surface area contributed by atoms with Crippen LogP contribution in [0, 0.1) is 6.92 Å². The fourth-order valence-electron chi connectivity index (χ4n) is 2.55. The Bertz CT molecular complexity index is 612. The summed E-state index contributed by atoms with van der Waals surface area (Å²) in [6.45, 7) is 4.38. The highest BCUT2D eigenvalue weighted by Gasteiger charge is 2.35. The Morgan fingerprint density at radius 1 is 1.23 bits per heavy atom. The largest absolute Gasteiger partial charge is 0.395 e. The molecule has 1 N–H and O–H groups in total. The van der Waals surface area contributed by atoms with Gasteiger partial charge in [0.05, 0.1) is 17.7 Å². The second kappa shape index (κ2) is 6.70. The highest BCUT2D eigenvalue weighted by atomic mass is 16.3. The van der Waals surface area contributed by atoms with E-state index in [0.29, 0.717) is 17.7 Å². The third kappa shape index (κ3) is 3.01. The van der Waals surface area contributed by atoms with Gasteiger partial charge in [0.1, 0.15) is 0 Å². The third-order valence-electron chi connectivity index (χ3n) is 3.78. The van der Waals surface area contributed by atoms with E-state index in [1.807, 2.05) is 13.8 Å². The van der Waals surface area contributed by atoms with Gasteiger partial charge in [-0.05, 0) is 26.0 Å². The highest BCUT2D eigenvalue weighted by molar-refractivity contribution is 6.21. The molecule has 6 heteroatoms. The van der Waals surface area contributed by atoms with Gasteiger partial charge in [-0.3, -0.25) is 19.3 Å². The molecule has 1 aromatic carbocycles. The van der Waals surface area contributed by atoms with Gasteiger partial charge in [-0.2, -0.15) is 0 Å². The lowest BCUT2D eigenvalue weighted by Gasteiger charge is -2.21. The van der Waals surface area contributed by atoms with E-state index in [1.54, 1.807) is 18.2 Å². The number of nitrogens with zero attached hydrogens (tertiary/aromatic N) is 2. The SMILES string of the molecule is CCN(CCO)C(=O)CCN1C(=O)c2ccc(C)cc2C1=O. The molecule has 1 aromatic rings.